The van der Waals surface area contributed by atoms with Gasteiger partial charge in [-0.05, 0) is 18.1 Å². The number of benzene rings is 2. The predicted octanol–water partition coefficient (Wildman–Crippen LogP) is 2.80. The lowest BCUT2D eigenvalue weighted by atomic mass is 9.76. The third kappa shape index (κ3) is 1.94. The molecule has 2 heteroatoms. The molecule has 0 aromatic heterocycles. The second kappa shape index (κ2) is 4.42. The van der Waals surface area contributed by atoms with Crippen LogP contribution in [0.15, 0.2) is 60.7 Å². The summed E-state index contributed by atoms with van der Waals surface area (Å²) < 4.78 is 0. The molecule has 0 heterocycles. The molecule has 2 nitrogen and oxygen atoms in total. The smallest absolute Gasteiger partial charge is 0.253 e. The molecule has 0 unspecified atom stereocenters. The van der Waals surface area contributed by atoms with E-state index in [-0.39, 0.29) is 0 Å². The summed E-state index contributed by atoms with van der Waals surface area (Å²) in [5, 5.41) is 0. The first kappa shape index (κ1) is 11.4. The van der Waals surface area contributed by atoms with E-state index >= 15 is 0 Å². The summed E-state index contributed by atoms with van der Waals surface area (Å²) in [5.74, 6) is -0.588. The number of hydrogen-bond acceptors (Lipinski definition) is 1. The van der Waals surface area contributed by atoms with Crippen LogP contribution in [0, 0.1) is 0 Å². The Morgan fingerprint density at radius 3 is 1.53 bits per heavy atom. The monoisotopic (exact) mass is 224 g/mol. The zero-order valence-corrected chi connectivity index (χ0v) is 9.68. The quantitative estimate of drug-likeness (QED) is 0.790. The van der Waals surface area contributed by atoms with E-state index < -0.39 is 11.3 Å². The van der Waals surface area contributed by atoms with E-state index in [4.69, 9.17) is 5.73 Å². The topological polar surface area (TPSA) is 40.9 Å². The van der Waals surface area contributed by atoms with Crippen molar-refractivity contribution in [1.82, 2.24) is 5.73 Å². The van der Waals surface area contributed by atoms with Crippen molar-refractivity contribution in [2.45, 2.75) is 12.3 Å². The number of carbonyl (C=O) groups is 1. The molecule has 0 saturated carbocycles. The molecule has 2 rings (SSSR count). The Morgan fingerprint density at radius 1 is 0.882 bits per heavy atom. The first-order valence-corrected chi connectivity index (χ1v) is 5.53. The molecular formula is C15H14NO. The van der Waals surface area contributed by atoms with Gasteiger partial charge in [-0.3, -0.25) is 10.5 Å². The Kier molecular flexibility index (Phi) is 2.96. The van der Waals surface area contributed by atoms with Gasteiger partial charge in [-0.25, -0.2) is 0 Å². The van der Waals surface area contributed by atoms with Crippen molar-refractivity contribution in [1.29, 1.82) is 0 Å². The lowest BCUT2D eigenvalue weighted by Crippen LogP contribution is -2.34. The third-order valence-corrected chi connectivity index (χ3v) is 3.16. The highest BCUT2D eigenvalue weighted by Crippen LogP contribution is 2.31. The van der Waals surface area contributed by atoms with Gasteiger partial charge in [0.15, 0.2) is 0 Å². The van der Waals surface area contributed by atoms with Crippen LogP contribution in [0.4, 0.5) is 0 Å². The number of rotatable bonds is 3. The van der Waals surface area contributed by atoms with Crippen LogP contribution in [0.3, 0.4) is 0 Å². The second-order valence-corrected chi connectivity index (χ2v) is 4.19. The van der Waals surface area contributed by atoms with Gasteiger partial charge in [0.1, 0.15) is 0 Å². The maximum absolute atomic E-state index is 11.7. The summed E-state index contributed by atoms with van der Waals surface area (Å²) in [6.45, 7) is 1.80. The molecule has 17 heavy (non-hydrogen) atoms. The summed E-state index contributed by atoms with van der Waals surface area (Å²) in [6, 6.07) is 18.9. The Morgan fingerprint density at radius 2 is 1.24 bits per heavy atom. The van der Waals surface area contributed by atoms with Crippen molar-refractivity contribution in [2.24, 2.45) is 0 Å². The van der Waals surface area contributed by atoms with E-state index in [1.54, 1.807) is 6.92 Å². The Balaban J connectivity index is 2.59. The molecule has 0 aliphatic carbocycles. The molecule has 0 aliphatic rings. The van der Waals surface area contributed by atoms with Crippen LogP contribution in [-0.2, 0) is 10.2 Å². The number of nitrogens with one attached hydrogen (secondary N) is 1. The van der Waals surface area contributed by atoms with Crippen molar-refractivity contribution in [3.05, 3.63) is 71.8 Å². The van der Waals surface area contributed by atoms with Crippen LogP contribution >= 0.6 is 0 Å². The van der Waals surface area contributed by atoms with Crippen LogP contribution in [-0.4, -0.2) is 5.91 Å². The Hall–Kier alpha value is -2.09. The van der Waals surface area contributed by atoms with Crippen LogP contribution in [0.5, 0.6) is 0 Å². The molecule has 2 aromatic carbocycles. The average Bonchev–Trinajstić information content (AvgIpc) is 2.39. The SMILES string of the molecule is CC(C([NH])=O)(c1ccccc1)c1ccccc1. The fourth-order valence-corrected chi connectivity index (χ4v) is 1.97. The van der Waals surface area contributed by atoms with E-state index in [1.807, 2.05) is 60.7 Å². The largest absolute Gasteiger partial charge is 0.272 e. The first-order chi connectivity index (χ1) is 8.15. The summed E-state index contributed by atoms with van der Waals surface area (Å²) in [5.41, 5.74) is 8.39. The third-order valence-electron chi connectivity index (χ3n) is 3.16. The van der Waals surface area contributed by atoms with Crippen LogP contribution < -0.4 is 5.73 Å². The standard InChI is InChI=1S/C15H14NO/c1-15(14(16)17,12-8-4-2-5-9-12)13-10-6-3-7-11-13/h2-11,16H,1H3. The molecule has 0 bridgehead atoms. The summed E-state index contributed by atoms with van der Waals surface area (Å²) in [4.78, 5) is 11.7. The minimum absolute atomic E-state index is 0.588. The average molecular weight is 224 g/mol. The van der Waals surface area contributed by atoms with E-state index in [0.29, 0.717) is 0 Å². The molecule has 85 valence electrons. The molecule has 0 saturated heterocycles. The van der Waals surface area contributed by atoms with E-state index in [0.717, 1.165) is 11.1 Å². The zero-order valence-electron chi connectivity index (χ0n) is 9.68. The summed E-state index contributed by atoms with van der Waals surface area (Å²) >= 11 is 0. The number of carbonyl (C=O) groups excluding carboxylic acids is 1. The summed E-state index contributed by atoms with van der Waals surface area (Å²) in [6.07, 6.45) is 0. The highest BCUT2D eigenvalue weighted by Gasteiger charge is 2.35. The van der Waals surface area contributed by atoms with E-state index in [1.165, 1.54) is 0 Å². The normalized spacial score (nSPS) is 11.1. The van der Waals surface area contributed by atoms with Crippen molar-refractivity contribution >= 4 is 5.91 Å². The molecule has 0 atom stereocenters. The van der Waals surface area contributed by atoms with Crippen molar-refractivity contribution < 1.29 is 4.79 Å². The molecule has 1 N–H and O–H groups in total. The van der Waals surface area contributed by atoms with E-state index in [2.05, 4.69) is 0 Å². The molecule has 0 fully saturated rings. The minimum atomic E-state index is -0.886. The highest BCUT2D eigenvalue weighted by molar-refractivity contribution is 5.89. The van der Waals surface area contributed by atoms with E-state index in [9.17, 15) is 4.79 Å². The highest BCUT2D eigenvalue weighted by atomic mass is 16.1. The summed E-state index contributed by atoms with van der Waals surface area (Å²) in [7, 11) is 0. The first-order valence-electron chi connectivity index (χ1n) is 5.53. The van der Waals surface area contributed by atoms with Crippen LogP contribution in [0.1, 0.15) is 18.1 Å². The fourth-order valence-electron chi connectivity index (χ4n) is 1.97. The second-order valence-electron chi connectivity index (χ2n) is 4.19. The van der Waals surface area contributed by atoms with Gasteiger partial charge < -0.3 is 0 Å². The van der Waals surface area contributed by atoms with Gasteiger partial charge >= 0.3 is 0 Å². The Labute approximate surface area is 101 Å². The molecule has 1 radical (unpaired) electrons. The van der Waals surface area contributed by atoms with Crippen LogP contribution in [0.2, 0.25) is 0 Å². The van der Waals surface area contributed by atoms with Gasteiger partial charge in [-0.1, -0.05) is 60.7 Å². The Bertz CT molecular complexity index is 465. The minimum Gasteiger partial charge on any atom is -0.272 e. The lowest BCUT2D eigenvalue weighted by Gasteiger charge is -2.26. The molecular weight excluding hydrogens is 210 g/mol. The molecule has 2 aromatic rings. The van der Waals surface area contributed by atoms with Crippen molar-refractivity contribution in [3.8, 4) is 0 Å². The predicted molar refractivity (Wildman–Crippen MR) is 67.4 cm³/mol. The van der Waals surface area contributed by atoms with Gasteiger partial charge in [-0.2, -0.15) is 0 Å². The van der Waals surface area contributed by atoms with Gasteiger partial charge in [0.2, 0.25) is 0 Å². The van der Waals surface area contributed by atoms with Gasteiger partial charge in [-0.15, -0.1) is 0 Å². The fraction of sp³-hybridized carbons (Fsp3) is 0.133. The maximum Gasteiger partial charge on any atom is 0.253 e. The maximum atomic E-state index is 11.7. The number of amides is 1. The molecule has 1 amide bonds. The van der Waals surface area contributed by atoms with Gasteiger partial charge in [0.25, 0.3) is 5.91 Å². The van der Waals surface area contributed by atoms with Gasteiger partial charge in [0.05, 0.1) is 5.41 Å². The number of hydrogen-bond donors (Lipinski definition) is 0. The molecule has 0 aliphatic heterocycles. The molecule has 0 spiro atoms. The van der Waals surface area contributed by atoms with Crippen LogP contribution in [0.25, 0.3) is 0 Å². The van der Waals surface area contributed by atoms with Crippen molar-refractivity contribution in [2.75, 3.05) is 0 Å². The zero-order chi connectivity index (χ0) is 12.3. The van der Waals surface area contributed by atoms with Crippen molar-refractivity contribution in [3.63, 3.8) is 0 Å². The lowest BCUT2D eigenvalue weighted by molar-refractivity contribution is -0.122. The van der Waals surface area contributed by atoms with Gasteiger partial charge in [0, 0.05) is 0 Å².